The summed E-state index contributed by atoms with van der Waals surface area (Å²) >= 11 is 5.62. The molecule has 0 fully saturated rings. The molecule has 0 aliphatic rings. The Morgan fingerprint density at radius 1 is 1.44 bits per heavy atom. The van der Waals surface area contributed by atoms with E-state index in [1.807, 2.05) is 20.8 Å². The molecule has 0 radical (unpaired) electrons. The Hall–Kier alpha value is -1.09. The molecule has 88 valence electrons. The van der Waals surface area contributed by atoms with Crippen LogP contribution in [0.25, 0.3) is 0 Å². The minimum atomic E-state index is -0.448. The standard InChI is InChI=1S/C12H15ClFNO/c1-12(2,3)15-11(16)6-8-4-5-9(13)7-10(8)14/h4-5,7H,6H2,1-3H3,(H,15,16). The summed E-state index contributed by atoms with van der Waals surface area (Å²) in [5.41, 5.74) is 0.0473. The molecular weight excluding hydrogens is 229 g/mol. The van der Waals surface area contributed by atoms with E-state index in [1.165, 1.54) is 12.1 Å². The summed E-state index contributed by atoms with van der Waals surface area (Å²) in [6.45, 7) is 5.63. The van der Waals surface area contributed by atoms with Crippen molar-refractivity contribution in [3.05, 3.63) is 34.6 Å². The van der Waals surface area contributed by atoms with Crippen molar-refractivity contribution in [1.29, 1.82) is 0 Å². The van der Waals surface area contributed by atoms with Gasteiger partial charge in [0.1, 0.15) is 5.82 Å². The third-order valence-corrected chi connectivity index (χ3v) is 2.12. The van der Waals surface area contributed by atoms with Gasteiger partial charge in [0.25, 0.3) is 0 Å². The number of benzene rings is 1. The van der Waals surface area contributed by atoms with Gasteiger partial charge in [0, 0.05) is 10.6 Å². The third kappa shape index (κ3) is 4.19. The number of nitrogens with one attached hydrogen (secondary N) is 1. The van der Waals surface area contributed by atoms with E-state index >= 15 is 0 Å². The summed E-state index contributed by atoms with van der Waals surface area (Å²) < 4.78 is 13.4. The van der Waals surface area contributed by atoms with E-state index in [1.54, 1.807) is 6.07 Å². The molecule has 1 rings (SSSR count). The molecule has 0 aliphatic heterocycles. The number of halogens is 2. The molecule has 0 aromatic heterocycles. The maximum Gasteiger partial charge on any atom is 0.224 e. The lowest BCUT2D eigenvalue weighted by atomic mass is 10.1. The van der Waals surface area contributed by atoms with Crippen molar-refractivity contribution in [3.8, 4) is 0 Å². The summed E-state index contributed by atoms with van der Waals surface area (Å²) in [6, 6.07) is 4.31. The average molecular weight is 244 g/mol. The van der Waals surface area contributed by atoms with Gasteiger partial charge in [-0.15, -0.1) is 0 Å². The van der Waals surface area contributed by atoms with Gasteiger partial charge in [-0.05, 0) is 38.5 Å². The lowest BCUT2D eigenvalue weighted by Crippen LogP contribution is -2.41. The Morgan fingerprint density at radius 2 is 2.06 bits per heavy atom. The van der Waals surface area contributed by atoms with Gasteiger partial charge in [-0.2, -0.15) is 0 Å². The van der Waals surface area contributed by atoms with E-state index in [0.29, 0.717) is 10.6 Å². The van der Waals surface area contributed by atoms with Crippen molar-refractivity contribution < 1.29 is 9.18 Å². The molecule has 1 N–H and O–H groups in total. The smallest absolute Gasteiger partial charge is 0.224 e. The number of hydrogen-bond acceptors (Lipinski definition) is 1. The summed E-state index contributed by atoms with van der Waals surface area (Å²) in [7, 11) is 0. The fourth-order valence-corrected chi connectivity index (χ4v) is 1.46. The lowest BCUT2D eigenvalue weighted by Gasteiger charge is -2.20. The molecule has 1 aromatic rings. The second-order valence-electron chi connectivity index (χ2n) is 4.71. The zero-order chi connectivity index (χ0) is 12.3. The zero-order valence-electron chi connectivity index (χ0n) is 9.60. The first-order valence-electron chi connectivity index (χ1n) is 5.03. The Morgan fingerprint density at radius 3 is 2.56 bits per heavy atom. The minimum absolute atomic E-state index is 0.0280. The highest BCUT2D eigenvalue weighted by Crippen LogP contribution is 2.15. The van der Waals surface area contributed by atoms with Gasteiger partial charge in [0.15, 0.2) is 0 Å². The molecule has 1 aromatic carbocycles. The van der Waals surface area contributed by atoms with Crippen molar-refractivity contribution in [2.75, 3.05) is 0 Å². The second-order valence-corrected chi connectivity index (χ2v) is 5.15. The van der Waals surface area contributed by atoms with Crippen molar-refractivity contribution in [3.63, 3.8) is 0 Å². The number of carbonyl (C=O) groups excluding carboxylic acids is 1. The van der Waals surface area contributed by atoms with Crippen LogP contribution in [0.1, 0.15) is 26.3 Å². The third-order valence-electron chi connectivity index (χ3n) is 1.88. The van der Waals surface area contributed by atoms with Crippen LogP contribution in [0.4, 0.5) is 4.39 Å². The zero-order valence-corrected chi connectivity index (χ0v) is 10.4. The van der Waals surface area contributed by atoms with Gasteiger partial charge in [0.2, 0.25) is 5.91 Å². The molecule has 0 saturated heterocycles. The molecular formula is C12H15ClFNO. The van der Waals surface area contributed by atoms with Crippen LogP contribution in [0.3, 0.4) is 0 Å². The van der Waals surface area contributed by atoms with E-state index in [4.69, 9.17) is 11.6 Å². The quantitative estimate of drug-likeness (QED) is 0.850. The summed E-state index contributed by atoms with van der Waals surface area (Å²) in [5.74, 6) is -0.648. The predicted molar refractivity (Wildman–Crippen MR) is 63.0 cm³/mol. The van der Waals surface area contributed by atoms with Gasteiger partial charge in [-0.25, -0.2) is 4.39 Å². The van der Waals surface area contributed by atoms with Crippen LogP contribution in [0.15, 0.2) is 18.2 Å². The van der Waals surface area contributed by atoms with Gasteiger partial charge < -0.3 is 5.32 Å². The largest absolute Gasteiger partial charge is 0.351 e. The average Bonchev–Trinajstić information content (AvgIpc) is 2.06. The van der Waals surface area contributed by atoms with E-state index in [0.717, 1.165) is 0 Å². The predicted octanol–water partition coefficient (Wildman–Crippen LogP) is 2.94. The maximum atomic E-state index is 13.4. The van der Waals surface area contributed by atoms with Crippen LogP contribution in [0, 0.1) is 5.82 Å². The maximum absolute atomic E-state index is 13.4. The van der Waals surface area contributed by atoms with Crippen molar-refractivity contribution in [2.45, 2.75) is 32.7 Å². The highest BCUT2D eigenvalue weighted by Gasteiger charge is 2.15. The Kier molecular flexibility index (Phi) is 3.92. The van der Waals surface area contributed by atoms with Crippen molar-refractivity contribution in [2.24, 2.45) is 0 Å². The molecule has 1 amide bonds. The molecule has 0 aliphatic carbocycles. The van der Waals surface area contributed by atoms with E-state index < -0.39 is 5.82 Å². The van der Waals surface area contributed by atoms with Gasteiger partial charge in [-0.3, -0.25) is 4.79 Å². The highest BCUT2D eigenvalue weighted by molar-refractivity contribution is 6.30. The van der Waals surface area contributed by atoms with Gasteiger partial charge in [0.05, 0.1) is 6.42 Å². The van der Waals surface area contributed by atoms with E-state index in [-0.39, 0.29) is 17.9 Å². The molecule has 0 atom stereocenters. The van der Waals surface area contributed by atoms with Crippen LogP contribution in [-0.2, 0) is 11.2 Å². The molecule has 0 spiro atoms. The first kappa shape index (κ1) is 13.0. The van der Waals surface area contributed by atoms with Crippen LogP contribution in [-0.4, -0.2) is 11.4 Å². The molecule has 0 heterocycles. The Bertz CT molecular complexity index is 398. The van der Waals surface area contributed by atoms with Gasteiger partial charge >= 0.3 is 0 Å². The summed E-state index contributed by atoms with van der Waals surface area (Å²) in [4.78, 5) is 11.6. The molecule has 4 heteroatoms. The summed E-state index contributed by atoms with van der Waals surface area (Å²) in [6.07, 6.45) is 0.0280. The van der Waals surface area contributed by atoms with Gasteiger partial charge in [-0.1, -0.05) is 17.7 Å². The second kappa shape index (κ2) is 4.83. The molecule has 2 nitrogen and oxygen atoms in total. The highest BCUT2D eigenvalue weighted by atomic mass is 35.5. The number of amides is 1. The fraction of sp³-hybridized carbons (Fsp3) is 0.417. The monoisotopic (exact) mass is 243 g/mol. The van der Waals surface area contributed by atoms with Crippen LogP contribution < -0.4 is 5.32 Å². The summed E-state index contributed by atoms with van der Waals surface area (Å²) in [5, 5.41) is 3.10. The number of hydrogen-bond donors (Lipinski definition) is 1. The van der Waals surface area contributed by atoms with Crippen molar-refractivity contribution >= 4 is 17.5 Å². The van der Waals surface area contributed by atoms with Crippen LogP contribution in [0.2, 0.25) is 5.02 Å². The van der Waals surface area contributed by atoms with E-state index in [2.05, 4.69) is 5.32 Å². The fourth-order valence-electron chi connectivity index (χ4n) is 1.30. The molecule has 0 bridgehead atoms. The molecule has 0 saturated carbocycles. The normalized spacial score (nSPS) is 11.3. The Labute approximate surface area is 99.8 Å². The lowest BCUT2D eigenvalue weighted by molar-refractivity contribution is -0.121. The molecule has 0 unspecified atom stereocenters. The number of carbonyl (C=O) groups is 1. The van der Waals surface area contributed by atoms with Crippen molar-refractivity contribution in [1.82, 2.24) is 5.32 Å². The van der Waals surface area contributed by atoms with E-state index in [9.17, 15) is 9.18 Å². The Balaban J connectivity index is 2.70. The molecule has 16 heavy (non-hydrogen) atoms. The topological polar surface area (TPSA) is 29.1 Å². The first-order valence-corrected chi connectivity index (χ1v) is 5.41. The SMILES string of the molecule is CC(C)(C)NC(=O)Cc1ccc(Cl)cc1F. The first-order chi connectivity index (χ1) is 7.28. The minimum Gasteiger partial charge on any atom is -0.351 e. The van der Waals surface area contributed by atoms with Crippen LogP contribution in [0.5, 0.6) is 0 Å². The van der Waals surface area contributed by atoms with Crippen LogP contribution >= 0.6 is 11.6 Å². The number of rotatable bonds is 2.